The lowest BCUT2D eigenvalue weighted by molar-refractivity contribution is -0.138. The van der Waals surface area contributed by atoms with Crippen molar-refractivity contribution in [2.24, 2.45) is 5.92 Å². The first kappa shape index (κ1) is 19.4. The Morgan fingerprint density at radius 3 is 2.64 bits per heavy atom. The van der Waals surface area contributed by atoms with E-state index in [9.17, 15) is 9.59 Å². The highest BCUT2D eigenvalue weighted by Crippen LogP contribution is 2.39. The van der Waals surface area contributed by atoms with E-state index in [0.717, 1.165) is 45.2 Å². The number of nitrogens with zero attached hydrogens (tertiary/aromatic N) is 2. The first-order valence-corrected chi connectivity index (χ1v) is 10.8. The third kappa shape index (κ3) is 4.54. The smallest absolute Gasteiger partial charge is 0.269 e. The second-order valence-electron chi connectivity index (χ2n) is 8.62. The van der Waals surface area contributed by atoms with Gasteiger partial charge in [-0.1, -0.05) is 18.9 Å². The molecule has 1 spiro atoms. The highest BCUT2D eigenvalue weighted by molar-refractivity contribution is 5.92. The fourth-order valence-electron chi connectivity index (χ4n) is 4.96. The minimum absolute atomic E-state index is 0.0494. The number of aromatic nitrogens is 1. The maximum atomic E-state index is 12.6. The van der Waals surface area contributed by atoms with E-state index < -0.39 is 0 Å². The standard InChI is InChI=1S/C22H31N3O3/c26-20(15-17-5-1-2-6-17)25-13-10-22(11-14-25)9-8-18(28-22)16-24-21(27)19-7-3-4-12-23-19/h3-4,7,12,17-18H,1-2,5-6,8-11,13-16H2,(H,24,27). The SMILES string of the molecule is O=C(NCC1CCC2(CCN(C(=O)CC3CCCC3)CC2)O1)c1ccccn1. The first-order chi connectivity index (χ1) is 13.6. The van der Waals surface area contributed by atoms with Gasteiger partial charge in [-0.15, -0.1) is 0 Å². The topological polar surface area (TPSA) is 71.5 Å². The molecule has 6 nitrogen and oxygen atoms in total. The number of rotatable bonds is 5. The van der Waals surface area contributed by atoms with Gasteiger partial charge in [-0.05, 0) is 56.6 Å². The monoisotopic (exact) mass is 385 g/mol. The number of hydrogen-bond acceptors (Lipinski definition) is 4. The summed E-state index contributed by atoms with van der Waals surface area (Å²) in [6.07, 6.45) is 11.2. The summed E-state index contributed by atoms with van der Waals surface area (Å²) in [7, 11) is 0. The van der Waals surface area contributed by atoms with Gasteiger partial charge in [-0.2, -0.15) is 0 Å². The Balaban J connectivity index is 1.21. The second-order valence-corrected chi connectivity index (χ2v) is 8.62. The van der Waals surface area contributed by atoms with Gasteiger partial charge >= 0.3 is 0 Å². The highest BCUT2D eigenvalue weighted by Gasteiger charge is 2.43. The molecule has 1 N–H and O–H groups in total. The molecule has 3 aliphatic rings. The molecule has 152 valence electrons. The zero-order valence-corrected chi connectivity index (χ0v) is 16.6. The van der Waals surface area contributed by atoms with E-state index in [2.05, 4.69) is 10.3 Å². The molecule has 3 fully saturated rings. The van der Waals surface area contributed by atoms with Crippen LogP contribution in [0.5, 0.6) is 0 Å². The normalized spacial score (nSPS) is 24.6. The number of hydrogen-bond donors (Lipinski definition) is 1. The number of carbonyl (C=O) groups is 2. The molecule has 1 aromatic heterocycles. The van der Waals surface area contributed by atoms with Crippen LogP contribution in [-0.2, 0) is 9.53 Å². The van der Waals surface area contributed by atoms with Gasteiger partial charge in [0.25, 0.3) is 5.91 Å². The predicted octanol–water partition coefficient (Wildman–Crippen LogP) is 2.93. The van der Waals surface area contributed by atoms with Crippen molar-refractivity contribution in [1.82, 2.24) is 15.2 Å². The quantitative estimate of drug-likeness (QED) is 0.846. The van der Waals surface area contributed by atoms with Crippen molar-refractivity contribution in [3.63, 3.8) is 0 Å². The molecule has 1 atom stereocenters. The molecule has 28 heavy (non-hydrogen) atoms. The van der Waals surface area contributed by atoms with Crippen molar-refractivity contribution in [1.29, 1.82) is 0 Å². The average Bonchev–Trinajstić information content (AvgIpc) is 3.38. The third-order valence-corrected chi connectivity index (χ3v) is 6.69. The van der Waals surface area contributed by atoms with E-state index in [4.69, 9.17) is 4.74 Å². The van der Waals surface area contributed by atoms with Gasteiger partial charge in [0.05, 0.1) is 11.7 Å². The summed E-state index contributed by atoms with van der Waals surface area (Å²) < 4.78 is 6.36. The fourth-order valence-corrected chi connectivity index (χ4v) is 4.96. The van der Waals surface area contributed by atoms with E-state index in [-0.39, 0.29) is 17.6 Å². The number of piperidine rings is 1. The Kier molecular flexibility index (Phi) is 5.95. The lowest BCUT2D eigenvalue weighted by atomic mass is 9.88. The van der Waals surface area contributed by atoms with E-state index >= 15 is 0 Å². The molecule has 4 rings (SSSR count). The molecule has 0 radical (unpaired) electrons. The average molecular weight is 386 g/mol. The molecular formula is C22H31N3O3. The number of ether oxygens (including phenoxy) is 1. The lowest BCUT2D eigenvalue weighted by Gasteiger charge is -2.39. The summed E-state index contributed by atoms with van der Waals surface area (Å²) in [5.74, 6) is 0.787. The molecular weight excluding hydrogens is 354 g/mol. The number of pyridine rings is 1. The maximum Gasteiger partial charge on any atom is 0.269 e. The largest absolute Gasteiger partial charge is 0.370 e. The fraction of sp³-hybridized carbons (Fsp3) is 0.682. The molecule has 0 aromatic carbocycles. The Labute approximate surface area is 167 Å². The maximum absolute atomic E-state index is 12.6. The second kappa shape index (κ2) is 8.60. The van der Waals surface area contributed by atoms with Crippen LogP contribution < -0.4 is 5.32 Å². The summed E-state index contributed by atoms with van der Waals surface area (Å²) in [5.41, 5.74) is 0.328. The minimum Gasteiger partial charge on any atom is -0.370 e. The molecule has 2 amide bonds. The van der Waals surface area contributed by atoms with Crippen LogP contribution in [0.15, 0.2) is 24.4 Å². The summed E-state index contributed by atoms with van der Waals surface area (Å²) >= 11 is 0. The Morgan fingerprint density at radius 1 is 1.14 bits per heavy atom. The molecule has 1 aliphatic carbocycles. The van der Waals surface area contributed by atoms with Crippen LogP contribution in [0.2, 0.25) is 0 Å². The molecule has 2 saturated heterocycles. The number of likely N-dealkylation sites (tertiary alicyclic amines) is 1. The van der Waals surface area contributed by atoms with Gasteiger partial charge in [0.1, 0.15) is 5.69 Å². The van der Waals surface area contributed by atoms with Crippen LogP contribution in [0.1, 0.15) is 68.3 Å². The van der Waals surface area contributed by atoms with Crippen molar-refractivity contribution < 1.29 is 14.3 Å². The van der Waals surface area contributed by atoms with Crippen molar-refractivity contribution in [2.45, 2.75) is 69.5 Å². The first-order valence-electron chi connectivity index (χ1n) is 10.8. The van der Waals surface area contributed by atoms with Gasteiger partial charge in [0, 0.05) is 32.3 Å². The van der Waals surface area contributed by atoms with E-state index in [1.807, 2.05) is 11.0 Å². The van der Waals surface area contributed by atoms with Gasteiger partial charge in [-0.3, -0.25) is 14.6 Å². The van der Waals surface area contributed by atoms with Crippen LogP contribution in [0.25, 0.3) is 0 Å². The molecule has 1 unspecified atom stereocenters. The van der Waals surface area contributed by atoms with Crippen LogP contribution in [0, 0.1) is 5.92 Å². The van der Waals surface area contributed by atoms with Gasteiger partial charge in [0.2, 0.25) is 5.91 Å². The molecule has 1 aromatic rings. The molecule has 3 heterocycles. The van der Waals surface area contributed by atoms with Crippen molar-refractivity contribution in [3.8, 4) is 0 Å². The lowest BCUT2D eigenvalue weighted by Crippen LogP contribution is -2.47. The molecule has 2 aliphatic heterocycles. The zero-order chi connectivity index (χ0) is 19.4. The van der Waals surface area contributed by atoms with Crippen LogP contribution >= 0.6 is 0 Å². The van der Waals surface area contributed by atoms with Crippen molar-refractivity contribution in [2.75, 3.05) is 19.6 Å². The van der Waals surface area contributed by atoms with Gasteiger partial charge < -0.3 is 15.0 Å². The summed E-state index contributed by atoms with van der Waals surface area (Å²) in [4.78, 5) is 30.8. The van der Waals surface area contributed by atoms with Crippen LogP contribution in [-0.4, -0.2) is 53.0 Å². The van der Waals surface area contributed by atoms with Gasteiger partial charge in [-0.25, -0.2) is 0 Å². The van der Waals surface area contributed by atoms with Crippen molar-refractivity contribution in [3.05, 3.63) is 30.1 Å². The molecule has 0 bridgehead atoms. The van der Waals surface area contributed by atoms with E-state index in [1.54, 1.807) is 18.3 Å². The number of carbonyl (C=O) groups excluding carboxylic acids is 2. The van der Waals surface area contributed by atoms with Gasteiger partial charge in [0.15, 0.2) is 0 Å². The highest BCUT2D eigenvalue weighted by atomic mass is 16.5. The minimum atomic E-state index is -0.155. The number of amides is 2. The number of nitrogens with one attached hydrogen (secondary N) is 1. The van der Waals surface area contributed by atoms with E-state index in [0.29, 0.717) is 24.1 Å². The third-order valence-electron chi connectivity index (χ3n) is 6.69. The Hall–Kier alpha value is -1.95. The predicted molar refractivity (Wildman–Crippen MR) is 106 cm³/mol. The van der Waals surface area contributed by atoms with Crippen LogP contribution in [0.4, 0.5) is 0 Å². The summed E-state index contributed by atoms with van der Waals surface area (Å²) in [6, 6.07) is 5.32. The summed E-state index contributed by atoms with van der Waals surface area (Å²) in [5, 5.41) is 2.94. The summed E-state index contributed by atoms with van der Waals surface area (Å²) in [6.45, 7) is 2.12. The van der Waals surface area contributed by atoms with E-state index in [1.165, 1.54) is 25.7 Å². The Morgan fingerprint density at radius 2 is 1.93 bits per heavy atom. The molecule has 1 saturated carbocycles. The zero-order valence-electron chi connectivity index (χ0n) is 16.6. The Bertz CT molecular complexity index is 680. The van der Waals surface area contributed by atoms with Crippen LogP contribution in [0.3, 0.4) is 0 Å². The molecule has 6 heteroatoms. The van der Waals surface area contributed by atoms with Crippen molar-refractivity contribution >= 4 is 11.8 Å².